The number of likely N-dealkylation sites (tertiary alicyclic amines) is 1. The number of aromatic nitrogens is 2. The molecule has 0 atom stereocenters. The molecule has 1 aliphatic rings. The Morgan fingerprint density at radius 3 is 2.75 bits per heavy atom. The number of para-hydroxylation sites is 1. The predicted molar refractivity (Wildman–Crippen MR) is 62.5 cm³/mol. The molecule has 1 saturated heterocycles. The van der Waals surface area contributed by atoms with Crippen LogP contribution in [0.4, 0.5) is 5.82 Å². The molecule has 1 N–H and O–H groups in total. The van der Waals surface area contributed by atoms with Gasteiger partial charge in [-0.15, -0.1) is 5.26 Å². The third-order valence-corrected chi connectivity index (χ3v) is 3.39. The van der Waals surface area contributed by atoms with Gasteiger partial charge in [0.05, 0.1) is 24.0 Å². The highest BCUT2D eigenvalue weighted by Crippen LogP contribution is 2.32. The second kappa shape index (κ2) is 3.32. The number of hydrogen-bond acceptors (Lipinski definition) is 2. The van der Waals surface area contributed by atoms with E-state index in [9.17, 15) is 5.26 Å². The SMILES string of the molecule is N#C[N+]1(c2[nH]nc3ccccc23)CCCC1. The number of rotatable bonds is 1. The molecule has 0 unspecified atom stereocenters. The van der Waals surface area contributed by atoms with E-state index in [1.54, 1.807) is 0 Å². The van der Waals surface area contributed by atoms with Gasteiger partial charge in [-0.2, -0.15) is 9.58 Å². The smallest absolute Gasteiger partial charge is 0.230 e. The van der Waals surface area contributed by atoms with Gasteiger partial charge in [0.25, 0.3) is 0 Å². The van der Waals surface area contributed by atoms with Crippen LogP contribution in [0, 0.1) is 11.5 Å². The highest BCUT2D eigenvalue weighted by molar-refractivity contribution is 5.89. The number of quaternary nitrogens is 1. The molecule has 0 bridgehead atoms. The molecule has 1 fully saturated rings. The van der Waals surface area contributed by atoms with Crippen molar-refractivity contribution in [1.82, 2.24) is 14.7 Å². The molecule has 80 valence electrons. The summed E-state index contributed by atoms with van der Waals surface area (Å²) in [5, 5.41) is 17.8. The molecule has 1 aromatic heterocycles. The summed E-state index contributed by atoms with van der Waals surface area (Å²) in [5.74, 6) is 0.954. The lowest BCUT2D eigenvalue weighted by Crippen LogP contribution is -2.41. The average molecular weight is 213 g/mol. The molecule has 2 aromatic rings. The van der Waals surface area contributed by atoms with Crippen LogP contribution in [-0.4, -0.2) is 23.3 Å². The van der Waals surface area contributed by atoms with Crippen LogP contribution in [0.1, 0.15) is 12.8 Å². The fourth-order valence-electron chi connectivity index (χ4n) is 2.52. The lowest BCUT2D eigenvalue weighted by molar-refractivity contribution is 0.460. The van der Waals surface area contributed by atoms with Crippen molar-refractivity contribution >= 4 is 16.7 Å². The van der Waals surface area contributed by atoms with Crippen LogP contribution in [0.5, 0.6) is 0 Å². The highest BCUT2D eigenvalue weighted by Gasteiger charge is 2.38. The van der Waals surface area contributed by atoms with E-state index in [0.29, 0.717) is 4.48 Å². The minimum atomic E-state index is 0.389. The van der Waals surface area contributed by atoms with E-state index in [1.807, 2.05) is 24.3 Å². The molecule has 0 amide bonds. The summed E-state index contributed by atoms with van der Waals surface area (Å²) in [6, 6.07) is 7.96. The van der Waals surface area contributed by atoms with Crippen LogP contribution in [0.3, 0.4) is 0 Å². The first-order chi connectivity index (χ1) is 7.86. The predicted octanol–water partition coefficient (Wildman–Crippen LogP) is 2.15. The highest BCUT2D eigenvalue weighted by atomic mass is 15.4. The van der Waals surface area contributed by atoms with Gasteiger partial charge in [-0.1, -0.05) is 12.1 Å². The Bertz CT molecular complexity index is 558. The summed E-state index contributed by atoms with van der Waals surface area (Å²) < 4.78 is 0.389. The van der Waals surface area contributed by atoms with Crippen molar-refractivity contribution in [3.8, 4) is 6.19 Å². The van der Waals surface area contributed by atoms with Crippen LogP contribution in [-0.2, 0) is 0 Å². The van der Waals surface area contributed by atoms with Gasteiger partial charge in [-0.25, -0.2) is 5.10 Å². The summed E-state index contributed by atoms with van der Waals surface area (Å²) in [7, 11) is 0. The van der Waals surface area contributed by atoms with Crippen LogP contribution < -0.4 is 4.48 Å². The monoisotopic (exact) mass is 213 g/mol. The van der Waals surface area contributed by atoms with Crippen molar-refractivity contribution in [2.45, 2.75) is 12.8 Å². The Morgan fingerprint density at radius 2 is 2.00 bits per heavy atom. The maximum absolute atomic E-state index is 9.42. The summed E-state index contributed by atoms with van der Waals surface area (Å²) >= 11 is 0. The number of H-pyrrole nitrogens is 1. The van der Waals surface area contributed by atoms with E-state index >= 15 is 0 Å². The molecule has 1 aromatic carbocycles. The molecule has 16 heavy (non-hydrogen) atoms. The average Bonchev–Trinajstić information content (AvgIpc) is 2.96. The van der Waals surface area contributed by atoms with Crippen molar-refractivity contribution in [2.75, 3.05) is 13.1 Å². The molecule has 0 spiro atoms. The summed E-state index contributed by atoms with van der Waals surface area (Å²) in [6.07, 6.45) is 4.66. The Balaban J connectivity index is 2.22. The Hall–Kier alpha value is -1.86. The zero-order valence-corrected chi connectivity index (χ0v) is 8.98. The fraction of sp³-hybridized carbons (Fsp3) is 0.333. The number of fused-ring (bicyclic) bond motifs is 1. The van der Waals surface area contributed by atoms with E-state index in [2.05, 4.69) is 16.4 Å². The van der Waals surface area contributed by atoms with E-state index in [-0.39, 0.29) is 0 Å². The van der Waals surface area contributed by atoms with Crippen molar-refractivity contribution < 1.29 is 0 Å². The topological polar surface area (TPSA) is 52.5 Å². The van der Waals surface area contributed by atoms with Crippen molar-refractivity contribution in [3.05, 3.63) is 24.3 Å². The normalized spacial score (nSPS) is 18.7. The maximum atomic E-state index is 9.42. The first-order valence-corrected chi connectivity index (χ1v) is 5.58. The number of benzene rings is 1. The van der Waals surface area contributed by atoms with E-state index in [4.69, 9.17) is 0 Å². The summed E-state index contributed by atoms with van der Waals surface area (Å²) in [5.41, 5.74) is 0.942. The summed E-state index contributed by atoms with van der Waals surface area (Å²) in [6.45, 7) is 1.78. The zero-order chi connectivity index (χ0) is 11.0. The quantitative estimate of drug-likeness (QED) is 0.583. The third kappa shape index (κ3) is 1.15. The second-order valence-corrected chi connectivity index (χ2v) is 4.31. The van der Waals surface area contributed by atoms with Crippen molar-refractivity contribution in [1.29, 1.82) is 5.26 Å². The maximum Gasteiger partial charge on any atom is 0.315 e. The molecular weight excluding hydrogens is 200 g/mol. The minimum absolute atomic E-state index is 0.389. The number of nitriles is 1. The number of aromatic amines is 1. The van der Waals surface area contributed by atoms with Crippen molar-refractivity contribution in [2.24, 2.45) is 0 Å². The van der Waals surface area contributed by atoms with Gasteiger partial charge >= 0.3 is 6.19 Å². The van der Waals surface area contributed by atoms with Crippen LogP contribution in [0.25, 0.3) is 10.9 Å². The van der Waals surface area contributed by atoms with Gasteiger partial charge in [0, 0.05) is 12.8 Å². The second-order valence-electron chi connectivity index (χ2n) is 4.31. The minimum Gasteiger partial charge on any atom is -0.230 e. The Kier molecular flexibility index (Phi) is 1.95. The fourth-order valence-corrected chi connectivity index (χ4v) is 2.52. The zero-order valence-electron chi connectivity index (χ0n) is 8.98. The number of nitrogens with one attached hydrogen (secondary N) is 1. The van der Waals surface area contributed by atoms with Crippen LogP contribution in [0.2, 0.25) is 0 Å². The molecule has 1 aliphatic heterocycles. The Morgan fingerprint density at radius 1 is 1.25 bits per heavy atom. The number of hydrogen-bond donors (Lipinski definition) is 1. The van der Waals surface area contributed by atoms with Crippen LogP contribution in [0.15, 0.2) is 24.3 Å². The molecule has 0 aliphatic carbocycles. The van der Waals surface area contributed by atoms with Crippen LogP contribution >= 0.6 is 0 Å². The molecule has 0 saturated carbocycles. The number of nitrogens with zero attached hydrogens (tertiary/aromatic N) is 3. The van der Waals surface area contributed by atoms with Gasteiger partial charge in [-0.3, -0.25) is 0 Å². The van der Waals surface area contributed by atoms with Crippen molar-refractivity contribution in [3.63, 3.8) is 0 Å². The first-order valence-electron chi connectivity index (χ1n) is 5.58. The van der Waals surface area contributed by atoms with E-state index in [0.717, 1.165) is 42.7 Å². The van der Waals surface area contributed by atoms with Gasteiger partial charge in [0.15, 0.2) is 0 Å². The van der Waals surface area contributed by atoms with Gasteiger partial charge in [0.2, 0.25) is 5.82 Å². The molecule has 2 heterocycles. The lowest BCUT2D eigenvalue weighted by atomic mass is 10.2. The first kappa shape index (κ1) is 9.37. The Labute approximate surface area is 93.7 Å². The largest absolute Gasteiger partial charge is 0.315 e. The van der Waals surface area contributed by atoms with Gasteiger partial charge in [-0.05, 0) is 12.1 Å². The molecule has 3 rings (SSSR count). The lowest BCUT2D eigenvalue weighted by Gasteiger charge is -2.20. The standard InChI is InChI=1S/C12H13N4/c13-9-16(7-3-4-8-16)12-10-5-1-2-6-11(10)14-15-12/h1-2,5-6H,3-4,7-8H2,(H,14,15)/q+1. The molecule has 4 nitrogen and oxygen atoms in total. The molecule has 0 radical (unpaired) electrons. The molecular formula is C12H13N4+. The van der Waals surface area contributed by atoms with E-state index < -0.39 is 0 Å². The van der Waals surface area contributed by atoms with Gasteiger partial charge in [0.1, 0.15) is 0 Å². The van der Waals surface area contributed by atoms with Gasteiger partial charge < -0.3 is 0 Å². The van der Waals surface area contributed by atoms with E-state index in [1.165, 1.54) is 0 Å². The molecule has 4 heteroatoms. The summed E-state index contributed by atoms with van der Waals surface area (Å²) in [4.78, 5) is 0. The third-order valence-electron chi connectivity index (χ3n) is 3.39.